The number of nitrogens with one attached hydrogen (secondary N) is 1. The van der Waals surface area contributed by atoms with Crippen molar-refractivity contribution in [2.24, 2.45) is 0 Å². The average molecular weight is 411 g/mol. The number of carbonyl (C=O) groups excluding carboxylic acids is 1. The molecule has 0 fully saturated rings. The summed E-state index contributed by atoms with van der Waals surface area (Å²) in [4.78, 5) is 17.8. The number of fused-ring (bicyclic) bond motifs is 1. The van der Waals surface area contributed by atoms with Gasteiger partial charge in [0.05, 0.1) is 13.7 Å². The van der Waals surface area contributed by atoms with Gasteiger partial charge < -0.3 is 14.8 Å². The van der Waals surface area contributed by atoms with Gasteiger partial charge in [-0.3, -0.25) is 9.20 Å². The van der Waals surface area contributed by atoms with Gasteiger partial charge in [0.15, 0.2) is 4.96 Å². The van der Waals surface area contributed by atoms with Crippen LogP contribution in [0.25, 0.3) is 16.2 Å². The van der Waals surface area contributed by atoms with E-state index in [9.17, 15) is 9.18 Å². The largest absolute Gasteiger partial charge is 0.497 e. The number of imidazole rings is 1. The number of hydrogen-bond acceptors (Lipinski definition) is 5. The van der Waals surface area contributed by atoms with Crippen molar-refractivity contribution in [3.05, 3.63) is 71.5 Å². The van der Waals surface area contributed by atoms with Crippen LogP contribution in [0.5, 0.6) is 5.75 Å². The number of amides is 1. The van der Waals surface area contributed by atoms with E-state index in [4.69, 9.17) is 9.47 Å². The lowest BCUT2D eigenvalue weighted by Crippen LogP contribution is -2.19. The topological polar surface area (TPSA) is 64.9 Å². The molecular weight excluding hydrogens is 393 g/mol. The van der Waals surface area contributed by atoms with E-state index >= 15 is 0 Å². The summed E-state index contributed by atoms with van der Waals surface area (Å²) in [5.74, 6) is 0.636. The Hall–Kier alpha value is -3.23. The fourth-order valence-electron chi connectivity index (χ4n) is 2.91. The number of hydrogen-bond donors (Lipinski definition) is 1. The van der Waals surface area contributed by atoms with Crippen LogP contribution in [0, 0.1) is 5.82 Å². The van der Waals surface area contributed by atoms with Gasteiger partial charge in [-0.25, -0.2) is 9.37 Å². The molecule has 0 unspecified atom stereocenters. The normalized spacial score (nSPS) is 11.0. The van der Waals surface area contributed by atoms with Crippen molar-refractivity contribution in [2.75, 3.05) is 19.0 Å². The van der Waals surface area contributed by atoms with E-state index in [1.165, 1.54) is 23.5 Å². The van der Waals surface area contributed by atoms with Crippen LogP contribution in [0.1, 0.15) is 5.56 Å². The molecule has 29 heavy (non-hydrogen) atoms. The molecule has 0 atom stereocenters. The molecular formula is C21H18FN3O3S. The quantitative estimate of drug-likeness (QED) is 0.491. The fraction of sp³-hybridized carbons (Fsp3) is 0.143. The van der Waals surface area contributed by atoms with Gasteiger partial charge in [0.25, 0.3) is 5.91 Å². The first-order chi connectivity index (χ1) is 14.1. The van der Waals surface area contributed by atoms with E-state index in [2.05, 4.69) is 10.3 Å². The molecule has 4 rings (SSSR count). The Morgan fingerprint density at radius 3 is 2.86 bits per heavy atom. The van der Waals surface area contributed by atoms with Gasteiger partial charge >= 0.3 is 0 Å². The first-order valence-electron chi connectivity index (χ1n) is 8.86. The second-order valence-corrected chi connectivity index (χ2v) is 7.14. The Balaban J connectivity index is 1.46. The predicted molar refractivity (Wildman–Crippen MR) is 110 cm³/mol. The van der Waals surface area contributed by atoms with Gasteiger partial charge in [0.1, 0.15) is 29.7 Å². The lowest BCUT2D eigenvalue weighted by atomic mass is 10.1. The molecule has 0 aliphatic carbocycles. The minimum absolute atomic E-state index is 0.114. The molecule has 148 valence electrons. The highest BCUT2D eigenvalue weighted by Crippen LogP contribution is 2.30. The summed E-state index contributed by atoms with van der Waals surface area (Å²) in [6, 6.07) is 13.5. The van der Waals surface area contributed by atoms with Crippen LogP contribution < -0.4 is 10.1 Å². The van der Waals surface area contributed by atoms with Crippen LogP contribution in [-0.2, 0) is 16.1 Å². The number of methoxy groups -OCH3 is 1. The minimum Gasteiger partial charge on any atom is -0.497 e. The summed E-state index contributed by atoms with van der Waals surface area (Å²) in [7, 11) is 1.60. The first kappa shape index (κ1) is 19.1. The molecule has 4 aromatic rings. The van der Waals surface area contributed by atoms with E-state index < -0.39 is 0 Å². The molecule has 6 nitrogen and oxygen atoms in total. The molecule has 2 heterocycles. The zero-order chi connectivity index (χ0) is 20.2. The third-order valence-corrected chi connectivity index (χ3v) is 5.03. The maximum absolute atomic E-state index is 13.3. The predicted octanol–water partition coefficient (Wildman–Crippen LogP) is 4.37. The van der Waals surface area contributed by atoms with Crippen LogP contribution >= 0.6 is 11.3 Å². The van der Waals surface area contributed by atoms with Crippen LogP contribution in [0.4, 0.5) is 10.2 Å². The highest BCUT2D eigenvalue weighted by molar-refractivity contribution is 7.15. The zero-order valence-electron chi connectivity index (χ0n) is 15.6. The van der Waals surface area contributed by atoms with Gasteiger partial charge in [-0.2, -0.15) is 0 Å². The molecule has 0 spiro atoms. The molecule has 0 bridgehead atoms. The van der Waals surface area contributed by atoms with Gasteiger partial charge in [0.2, 0.25) is 0 Å². The lowest BCUT2D eigenvalue weighted by Gasteiger charge is -2.09. The summed E-state index contributed by atoms with van der Waals surface area (Å²) in [6.45, 7) is 0.174. The zero-order valence-corrected chi connectivity index (χ0v) is 16.4. The second-order valence-electron chi connectivity index (χ2n) is 6.26. The highest BCUT2D eigenvalue weighted by Gasteiger charge is 2.17. The fourth-order valence-corrected chi connectivity index (χ4v) is 3.62. The summed E-state index contributed by atoms with van der Waals surface area (Å²) in [5.41, 5.74) is 2.21. The number of nitrogens with zero attached hydrogens (tertiary/aromatic N) is 2. The number of rotatable bonds is 7. The van der Waals surface area contributed by atoms with Gasteiger partial charge in [-0.15, -0.1) is 11.3 Å². The lowest BCUT2D eigenvalue weighted by molar-refractivity contribution is -0.121. The third-order valence-electron chi connectivity index (χ3n) is 4.27. The summed E-state index contributed by atoms with van der Waals surface area (Å²) < 4.78 is 25.8. The Labute approximate surface area is 170 Å². The van der Waals surface area contributed by atoms with Gasteiger partial charge in [0, 0.05) is 17.1 Å². The number of anilines is 1. The smallest absolute Gasteiger partial charge is 0.251 e. The maximum atomic E-state index is 13.3. The molecule has 2 aromatic carbocycles. The number of aromatic nitrogens is 2. The number of ether oxygens (including phenoxy) is 2. The molecule has 2 aromatic heterocycles. The second kappa shape index (κ2) is 8.42. The minimum atomic E-state index is -0.328. The van der Waals surface area contributed by atoms with Crippen LogP contribution in [-0.4, -0.2) is 29.0 Å². The molecule has 0 saturated heterocycles. The maximum Gasteiger partial charge on any atom is 0.251 e. The third kappa shape index (κ3) is 4.28. The number of thiazole rings is 1. The molecule has 0 radical (unpaired) electrons. The van der Waals surface area contributed by atoms with E-state index in [1.54, 1.807) is 23.6 Å². The average Bonchev–Trinajstić information content (AvgIpc) is 3.31. The first-order valence-corrected chi connectivity index (χ1v) is 9.74. The number of halogens is 1. The van der Waals surface area contributed by atoms with Crippen LogP contribution in [0.3, 0.4) is 0 Å². The van der Waals surface area contributed by atoms with E-state index in [-0.39, 0.29) is 24.9 Å². The molecule has 1 N–H and O–H groups in total. The molecule has 8 heteroatoms. The van der Waals surface area contributed by atoms with Crippen molar-refractivity contribution < 1.29 is 18.7 Å². The summed E-state index contributed by atoms with van der Waals surface area (Å²) in [5, 5.41) is 4.75. The number of carbonyl (C=O) groups is 1. The standard InChI is InChI=1S/C21H18FN3O3S/c1-27-17-4-2-3-14(11-17)12-28-13-18(26)23-20-19(15-5-7-16(22)8-6-15)24-21-25(20)9-10-29-21/h2-11H,12-13H2,1H3,(H,23,26). The Morgan fingerprint density at radius 2 is 2.07 bits per heavy atom. The van der Waals surface area contributed by atoms with E-state index in [1.807, 2.05) is 35.8 Å². The van der Waals surface area contributed by atoms with Crippen molar-refractivity contribution >= 4 is 28.0 Å². The van der Waals surface area contributed by atoms with Crippen molar-refractivity contribution in [3.63, 3.8) is 0 Å². The van der Waals surface area contributed by atoms with E-state index in [0.29, 0.717) is 11.5 Å². The summed E-state index contributed by atoms with van der Waals surface area (Å²) in [6.07, 6.45) is 1.83. The molecule has 0 aliphatic rings. The van der Waals surface area contributed by atoms with Crippen molar-refractivity contribution in [1.29, 1.82) is 0 Å². The van der Waals surface area contributed by atoms with Crippen LogP contribution in [0.2, 0.25) is 0 Å². The Kier molecular flexibility index (Phi) is 5.55. The van der Waals surface area contributed by atoms with Crippen molar-refractivity contribution in [3.8, 4) is 17.0 Å². The Bertz CT molecular complexity index is 1140. The van der Waals surface area contributed by atoms with Crippen molar-refractivity contribution in [1.82, 2.24) is 9.38 Å². The van der Waals surface area contributed by atoms with Gasteiger partial charge in [-0.1, -0.05) is 12.1 Å². The van der Waals surface area contributed by atoms with E-state index in [0.717, 1.165) is 21.8 Å². The highest BCUT2D eigenvalue weighted by atomic mass is 32.1. The van der Waals surface area contributed by atoms with Crippen LogP contribution in [0.15, 0.2) is 60.1 Å². The molecule has 0 aliphatic heterocycles. The number of benzene rings is 2. The molecule has 1 amide bonds. The van der Waals surface area contributed by atoms with Gasteiger partial charge in [-0.05, 0) is 42.0 Å². The monoisotopic (exact) mass is 411 g/mol. The molecule has 0 saturated carbocycles. The summed E-state index contributed by atoms with van der Waals surface area (Å²) >= 11 is 1.45. The Morgan fingerprint density at radius 1 is 1.24 bits per heavy atom. The SMILES string of the molecule is COc1cccc(COCC(=O)Nc2c(-c3ccc(F)cc3)nc3sccn23)c1. The van der Waals surface area contributed by atoms with Crippen molar-refractivity contribution in [2.45, 2.75) is 6.61 Å².